The minimum Gasteiger partial charge on any atom is -0.363 e. The van der Waals surface area contributed by atoms with Crippen LogP contribution in [0, 0.1) is 0 Å². The summed E-state index contributed by atoms with van der Waals surface area (Å²) in [7, 11) is -3.51. The predicted molar refractivity (Wildman–Crippen MR) is 73.8 cm³/mol. The van der Waals surface area contributed by atoms with Crippen LogP contribution in [-0.2, 0) is 23.0 Å². The first kappa shape index (κ1) is 14.2. The van der Waals surface area contributed by atoms with Gasteiger partial charge in [-0.15, -0.1) is 0 Å². The van der Waals surface area contributed by atoms with Gasteiger partial charge < -0.3 is 14.8 Å². The fraction of sp³-hybridized carbons (Fsp3) is 0.500. The SMILES string of the molecule is O=S(=O)(NCCc1ncon1)c1c[nH]c(CNC2CC2)c1. The number of hydrogen-bond donors (Lipinski definition) is 3. The van der Waals surface area contributed by atoms with Crippen molar-refractivity contribution in [3.05, 3.63) is 30.2 Å². The summed E-state index contributed by atoms with van der Waals surface area (Å²) in [6, 6.07) is 2.23. The molecule has 1 aliphatic rings. The van der Waals surface area contributed by atoms with Crippen molar-refractivity contribution in [3.63, 3.8) is 0 Å². The summed E-state index contributed by atoms with van der Waals surface area (Å²) in [5.74, 6) is 0.473. The standard InChI is InChI=1S/C12H17N5O3S/c18-21(19,16-4-3-12-15-8-20-17-12)11-5-10(14-7-11)6-13-9-1-2-9/h5,7-9,13-14,16H,1-4,6H2. The van der Waals surface area contributed by atoms with E-state index in [1.165, 1.54) is 25.4 Å². The molecular weight excluding hydrogens is 294 g/mol. The maximum atomic E-state index is 12.1. The van der Waals surface area contributed by atoms with E-state index in [9.17, 15) is 8.42 Å². The van der Waals surface area contributed by atoms with E-state index in [0.717, 1.165) is 5.69 Å². The maximum absolute atomic E-state index is 12.1. The van der Waals surface area contributed by atoms with Gasteiger partial charge in [-0.3, -0.25) is 0 Å². The molecule has 0 saturated heterocycles. The van der Waals surface area contributed by atoms with Crippen molar-refractivity contribution in [2.75, 3.05) is 6.54 Å². The Morgan fingerprint density at radius 3 is 3.00 bits per heavy atom. The molecule has 9 heteroatoms. The molecule has 1 aliphatic carbocycles. The van der Waals surface area contributed by atoms with Crippen molar-refractivity contribution in [1.82, 2.24) is 25.2 Å². The van der Waals surface area contributed by atoms with E-state index in [4.69, 9.17) is 0 Å². The fourth-order valence-corrected chi connectivity index (χ4v) is 2.95. The summed E-state index contributed by atoms with van der Waals surface area (Å²) in [4.78, 5) is 7.05. The van der Waals surface area contributed by atoms with Crippen molar-refractivity contribution in [1.29, 1.82) is 0 Å². The lowest BCUT2D eigenvalue weighted by Gasteiger charge is -2.02. The molecule has 0 radical (unpaired) electrons. The third kappa shape index (κ3) is 3.90. The Balaban J connectivity index is 1.53. The molecule has 0 unspecified atom stereocenters. The molecule has 2 heterocycles. The van der Waals surface area contributed by atoms with Crippen molar-refractivity contribution in [2.24, 2.45) is 0 Å². The third-order valence-electron chi connectivity index (χ3n) is 3.23. The van der Waals surface area contributed by atoms with E-state index in [1.807, 2.05) is 0 Å². The van der Waals surface area contributed by atoms with Crippen LogP contribution in [0.3, 0.4) is 0 Å². The smallest absolute Gasteiger partial charge is 0.242 e. The Morgan fingerprint density at radius 1 is 1.43 bits per heavy atom. The predicted octanol–water partition coefficient (Wildman–Crippen LogP) is 0.171. The van der Waals surface area contributed by atoms with E-state index in [0.29, 0.717) is 24.8 Å². The Morgan fingerprint density at radius 2 is 2.29 bits per heavy atom. The highest BCUT2D eigenvalue weighted by Gasteiger charge is 2.21. The average molecular weight is 311 g/mol. The van der Waals surface area contributed by atoms with Gasteiger partial charge in [-0.25, -0.2) is 13.1 Å². The highest BCUT2D eigenvalue weighted by Crippen LogP contribution is 2.19. The number of rotatable bonds is 8. The molecule has 1 fully saturated rings. The van der Waals surface area contributed by atoms with Gasteiger partial charge in [0.15, 0.2) is 5.82 Å². The molecule has 2 aromatic heterocycles. The Kier molecular flexibility index (Phi) is 4.04. The lowest BCUT2D eigenvalue weighted by molar-refractivity contribution is 0.410. The lowest BCUT2D eigenvalue weighted by atomic mass is 10.4. The highest BCUT2D eigenvalue weighted by molar-refractivity contribution is 7.89. The molecule has 0 atom stereocenters. The minimum absolute atomic E-state index is 0.225. The third-order valence-corrected chi connectivity index (χ3v) is 4.67. The van der Waals surface area contributed by atoms with Crippen LogP contribution in [0.4, 0.5) is 0 Å². The highest BCUT2D eigenvalue weighted by atomic mass is 32.2. The lowest BCUT2D eigenvalue weighted by Crippen LogP contribution is -2.26. The molecule has 2 aromatic rings. The number of aromatic amines is 1. The van der Waals surface area contributed by atoms with Crippen LogP contribution in [0.2, 0.25) is 0 Å². The fourth-order valence-electron chi connectivity index (χ4n) is 1.90. The summed E-state index contributed by atoms with van der Waals surface area (Å²) in [5, 5.41) is 6.95. The topological polar surface area (TPSA) is 113 Å². The average Bonchev–Trinajstić information content (AvgIpc) is 2.93. The monoisotopic (exact) mass is 311 g/mol. The van der Waals surface area contributed by atoms with E-state index >= 15 is 0 Å². The van der Waals surface area contributed by atoms with E-state index in [-0.39, 0.29) is 11.4 Å². The number of aromatic nitrogens is 3. The molecule has 0 aromatic carbocycles. The van der Waals surface area contributed by atoms with E-state index in [2.05, 4.69) is 29.7 Å². The summed E-state index contributed by atoms with van der Waals surface area (Å²) in [5.41, 5.74) is 0.862. The Bertz CT molecular complexity index is 676. The van der Waals surface area contributed by atoms with Gasteiger partial charge in [0.25, 0.3) is 0 Å². The molecule has 0 spiro atoms. The molecule has 1 saturated carbocycles. The van der Waals surface area contributed by atoms with Gasteiger partial charge in [0.05, 0.1) is 4.90 Å². The molecule has 3 rings (SSSR count). The van der Waals surface area contributed by atoms with Crippen LogP contribution >= 0.6 is 0 Å². The zero-order chi connectivity index (χ0) is 14.7. The molecule has 21 heavy (non-hydrogen) atoms. The van der Waals surface area contributed by atoms with Gasteiger partial charge in [-0.05, 0) is 18.9 Å². The first-order valence-electron chi connectivity index (χ1n) is 6.79. The van der Waals surface area contributed by atoms with Crippen LogP contribution < -0.4 is 10.0 Å². The molecule has 0 amide bonds. The largest absolute Gasteiger partial charge is 0.363 e. The Labute approximate surface area is 122 Å². The minimum atomic E-state index is -3.51. The van der Waals surface area contributed by atoms with Gasteiger partial charge in [0.1, 0.15) is 0 Å². The second-order valence-electron chi connectivity index (χ2n) is 5.01. The van der Waals surface area contributed by atoms with Gasteiger partial charge in [0.2, 0.25) is 16.4 Å². The van der Waals surface area contributed by atoms with Gasteiger partial charge >= 0.3 is 0 Å². The normalized spacial score (nSPS) is 15.4. The number of H-pyrrole nitrogens is 1. The number of nitrogens with zero attached hydrogens (tertiary/aromatic N) is 2. The summed E-state index contributed by atoms with van der Waals surface area (Å²) >= 11 is 0. The van der Waals surface area contributed by atoms with Crippen LogP contribution in [0.15, 0.2) is 28.1 Å². The van der Waals surface area contributed by atoms with Gasteiger partial charge in [-0.2, -0.15) is 4.98 Å². The van der Waals surface area contributed by atoms with Crippen molar-refractivity contribution in [3.8, 4) is 0 Å². The number of sulfonamides is 1. The molecule has 114 valence electrons. The first-order chi connectivity index (χ1) is 10.1. The van der Waals surface area contributed by atoms with E-state index < -0.39 is 10.0 Å². The zero-order valence-corrected chi connectivity index (χ0v) is 12.2. The summed E-state index contributed by atoms with van der Waals surface area (Å²) in [6.45, 7) is 0.881. The summed E-state index contributed by atoms with van der Waals surface area (Å²) in [6.07, 6.45) is 5.50. The van der Waals surface area contributed by atoms with Crippen molar-refractivity contribution in [2.45, 2.75) is 36.7 Å². The molecular formula is C12H17N5O3S. The number of nitrogens with one attached hydrogen (secondary N) is 3. The quantitative estimate of drug-likeness (QED) is 0.640. The second-order valence-corrected chi connectivity index (χ2v) is 6.78. The van der Waals surface area contributed by atoms with Gasteiger partial charge in [0, 0.05) is 37.4 Å². The van der Waals surface area contributed by atoms with Gasteiger partial charge in [-0.1, -0.05) is 5.16 Å². The van der Waals surface area contributed by atoms with E-state index in [1.54, 1.807) is 6.07 Å². The second kappa shape index (κ2) is 5.96. The Hall–Kier alpha value is -1.71. The molecule has 3 N–H and O–H groups in total. The zero-order valence-electron chi connectivity index (χ0n) is 11.4. The first-order valence-corrected chi connectivity index (χ1v) is 8.27. The molecule has 0 aliphatic heterocycles. The number of hydrogen-bond acceptors (Lipinski definition) is 6. The van der Waals surface area contributed by atoms with Crippen molar-refractivity contribution >= 4 is 10.0 Å². The van der Waals surface area contributed by atoms with Crippen molar-refractivity contribution < 1.29 is 12.9 Å². The van der Waals surface area contributed by atoms with Crippen LogP contribution in [0.1, 0.15) is 24.4 Å². The summed E-state index contributed by atoms with van der Waals surface area (Å²) < 4.78 is 31.3. The molecule has 0 bridgehead atoms. The maximum Gasteiger partial charge on any atom is 0.242 e. The van der Waals surface area contributed by atoms with Crippen LogP contribution in [-0.4, -0.2) is 36.1 Å². The van der Waals surface area contributed by atoms with Crippen LogP contribution in [0.5, 0.6) is 0 Å². The van der Waals surface area contributed by atoms with Crippen LogP contribution in [0.25, 0.3) is 0 Å². The molecule has 8 nitrogen and oxygen atoms in total.